The average Bonchev–Trinajstić information content (AvgIpc) is 2.89. The van der Waals surface area contributed by atoms with Gasteiger partial charge in [0.05, 0.1) is 0 Å². The summed E-state index contributed by atoms with van der Waals surface area (Å²) in [7, 11) is 0. The van der Waals surface area contributed by atoms with Crippen LogP contribution < -0.4 is 11.1 Å². The Bertz CT molecular complexity index is 308. The van der Waals surface area contributed by atoms with Crippen LogP contribution in [0.5, 0.6) is 0 Å². The first-order valence-electron chi connectivity index (χ1n) is 4.55. The van der Waals surface area contributed by atoms with Crippen molar-refractivity contribution in [1.29, 1.82) is 0 Å². The number of hydrogen-bond donors (Lipinski definition) is 2. The van der Waals surface area contributed by atoms with Crippen molar-refractivity contribution in [2.24, 2.45) is 5.73 Å². The fourth-order valence-electron chi connectivity index (χ4n) is 1.35. The van der Waals surface area contributed by atoms with E-state index in [0.29, 0.717) is 12.6 Å². The fraction of sp³-hybridized carbons (Fsp3) is 0.400. The molecule has 70 valence electrons. The summed E-state index contributed by atoms with van der Waals surface area (Å²) in [6, 6.07) is 6.83. The average molecular weight is 241 g/mol. The molecule has 1 fully saturated rings. The zero-order chi connectivity index (χ0) is 9.26. The molecule has 1 aromatic carbocycles. The van der Waals surface area contributed by atoms with Crippen molar-refractivity contribution in [2.45, 2.75) is 25.4 Å². The number of halogens is 1. The van der Waals surface area contributed by atoms with E-state index in [1.165, 1.54) is 24.1 Å². The molecular weight excluding hydrogens is 228 g/mol. The molecule has 0 bridgehead atoms. The van der Waals surface area contributed by atoms with Crippen LogP contribution in [0.4, 0.5) is 5.69 Å². The van der Waals surface area contributed by atoms with E-state index in [0.717, 1.165) is 4.47 Å². The van der Waals surface area contributed by atoms with E-state index >= 15 is 0 Å². The third-order valence-corrected chi connectivity index (χ3v) is 3.00. The van der Waals surface area contributed by atoms with Crippen molar-refractivity contribution in [3.05, 3.63) is 28.2 Å². The van der Waals surface area contributed by atoms with Crippen LogP contribution in [0.3, 0.4) is 0 Å². The van der Waals surface area contributed by atoms with Crippen molar-refractivity contribution in [2.75, 3.05) is 5.32 Å². The van der Waals surface area contributed by atoms with Gasteiger partial charge in [0.2, 0.25) is 0 Å². The number of nitrogens with two attached hydrogens (primary N) is 1. The van der Waals surface area contributed by atoms with E-state index < -0.39 is 0 Å². The van der Waals surface area contributed by atoms with Gasteiger partial charge in [0.1, 0.15) is 0 Å². The van der Waals surface area contributed by atoms with Gasteiger partial charge in [-0.1, -0.05) is 22.0 Å². The summed E-state index contributed by atoms with van der Waals surface area (Å²) in [5.74, 6) is 0. The molecule has 0 aliphatic heterocycles. The van der Waals surface area contributed by atoms with Gasteiger partial charge in [-0.25, -0.2) is 0 Å². The molecule has 3 N–H and O–H groups in total. The van der Waals surface area contributed by atoms with Crippen molar-refractivity contribution >= 4 is 21.6 Å². The van der Waals surface area contributed by atoms with Crippen molar-refractivity contribution in [3.63, 3.8) is 0 Å². The Morgan fingerprint density at radius 2 is 2.23 bits per heavy atom. The van der Waals surface area contributed by atoms with Crippen LogP contribution in [0.25, 0.3) is 0 Å². The van der Waals surface area contributed by atoms with Gasteiger partial charge in [0.25, 0.3) is 0 Å². The van der Waals surface area contributed by atoms with Gasteiger partial charge in [-0.2, -0.15) is 0 Å². The summed E-state index contributed by atoms with van der Waals surface area (Å²) in [4.78, 5) is 0. The maximum Gasteiger partial charge on any atom is 0.0399 e. The highest BCUT2D eigenvalue weighted by Gasteiger charge is 2.21. The van der Waals surface area contributed by atoms with Gasteiger partial charge in [-0.05, 0) is 25.0 Å². The van der Waals surface area contributed by atoms with Crippen LogP contribution in [-0.2, 0) is 6.54 Å². The first kappa shape index (κ1) is 9.03. The molecule has 2 nitrogen and oxygen atoms in total. The molecule has 3 heteroatoms. The summed E-state index contributed by atoms with van der Waals surface area (Å²) in [5, 5.41) is 3.47. The Balaban J connectivity index is 2.25. The second-order valence-electron chi connectivity index (χ2n) is 3.39. The minimum absolute atomic E-state index is 0.580. The quantitative estimate of drug-likeness (QED) is 0.853. The van der Waals surface area contributed by atoms with Crippen LogP contribution in [0.1, 0.15) is 18.4 Å². The summed E-state index contributed by atoms with van der Waals surface area (Å²) >= 11 is 3.50. The van der Waals surface area contributed by atoms with Crippen molar-refractivity contribution in [3.8, 4) is 0 Å². The van der Waals surface area contributed by atoms with Gasteiger partial charge in [0, 0.05) is 28.3 Å². The first-order valence-corrected chi connectivity index (χ1v) is 5.34. The fourth-order valence-corrected chi connectivity index (χ4v) is 1.88. The highest BCUT2D eigenvalue weighted by Crippen LogP contribution is 2.29. The highest BCUT2D eigenvalue weighted by molar-refractivity contribution is 9.10. The zero-order valence-corrected chi connectivity index (χ0v) is 8.97. The highest BCUT2D eigenvalue weighted by atomic mass is 79.9. The smallest absolute Gasteiger partial charge is 0.0399 e. The monoisotopic (exact) mass is 240 g/mol. The third kappa shape index (κ3) is 2.03. The number of nitrogens with one attached hydrogen (secondary N) is 1. The lowest BCUT2D eigenvalue weighted by Crippen LogP contribution is -2.07. The van der Waals surface area contributed by atoms with Crippen LogP contribution in [0.15, 0.2) is 22.7 Å². The molecule has 2 rings (SSSR count). The molecule has 0 aromatic heterocycles. The Labute approximate surface area is 86.6 Å². The van der Waals surface area contributed by atoms with Crippen molar-refractivity contribution in [1.82, 2.24) is 0 Å². The van der Waals surface area contributed by atoms with Gasteiger partial charge in [0.15, 0.2) is 0 Å². The number of benzene rings is 1. The van der Waals surface area contributed by atoms with Gasteiger partial charge < -0.3 is 11.1 Å². The summed E-state index contributed by atoms with van der Waals surface area (Å²) in [6.45, 7) is 0.580. The zero-order valence-electron chi connectivity index (χ0n) is 7.39. The van der Waals surface area contributed by atoms with E-state index in [1.54, 1.807) is 0 Å². The van der Waals surface area contributed by atoms with Gasteiger partial charge in [-0.15, -0.1) is 0 Å². The van der Waals surface area contributed by atoms with Crippen LogP contribution in [0.2, 0.25) is 0 Å². The summed E-state index contributed by atoms with van der Waals surface area (Å²) < 4.78 is 1.10. The lowest BCUT2D eigenvalue weighted by atomic mass is 10.2. The standard InChI is InChI=1S/C10H13BrN2/c11-9-2-1-3-10(8(9)6-12)13-7-4-5-7/h1-3,7,13H,4-6,12H2. The van der Waals surface area contributed by atoms with Crippen LogP contribution in [0, 0.1) is 0 Å². The SMILES string of the molecule is NCc1c(Br)cccc1NC1CC1. The maximum absolute atomic E-state index is 5.68. The summed E-state index contributed by atoms with van der Waals surface area (Å²) in [5.41, 5.74) is 8.03. The molecule has 0 heterocycles. The predicted molar refractivity (Wildman–Crippen MR) is 58.7 cm³/mol. The minimum atomic E-state index is 0.580. The number of anilines is 1. The minimum Gasteiger partial charge on any atom is -0.382 e. The number of rotatable bonds is 3. The largest absolute Gasteiger partial charge is 0.382 e. The molecule has 1 aromatic rings. The lowest BCUT2D eigenvalue weighted by molar-refractivity contribution is 1.04. The molecule has 13 heavy (non-hydrogen) atoms. The van der Waals surface area contributed by atoms with E-state index in [1.807, 2.05) is 12.1 Å². The van der Waals surface area contributed by atoms with E-state index in [-0.39, 0.29) is 0 Å². The third-order valence-electron chi connectivity index (χ3n) is 2.26. The van der Waals surface area contributed by atoms with E-state index in [9.17, 15) is 0 Å². The number of hydrogen-bond acceptors (Lipinski definition) is 2. The second-order valence-corrected chi connectivity index (χ2v) is 4.24. The van der Waals surface area contributed by atoms with Crippen LogP contribution in [-0.4, -0.2) is 6.04 Å². The second kappa shape index (κ2) is 3.68. The van der Waals surface area contributed by atoms with Gasteiger partial charge in [-0.3, -0.25) is 0 Å². The maximum atomic E-state index is 5.68. The lowest BCUT2D eigenvalue weighted by Gasteiger charge is -2.11. The Hall–Kier alpha value is -0.540. The molecule has 0 saturated heterocycles. The Morgan fingerprint density at radius 3 is 2.85 bits per heavy atom. The molecule has 0 unspecified atom stereocenters. The summed E-state index contributed by atoms with van der Waals surface area (Å²) in [6.07, 6.45) is 2.58. The Morgan fingerprint density at radius 1 is 1.46 bits per heavy atom. The molecule has 0 spiro atoms. The molecular formula is C10H13BrN2. The molecule has 0 radical (unpaired) electrons. The molecule has 0 atom stereocenters. The molecule has 1 saturated carbocycles. The molecule has 1 aliphatic rings. The van der Waals surface area contributed by atoms with Gasteiger partial charge >= 0.3 is 0 Å². The first-order chi connectivity index (χ1) is 6.31. The van der Waals surface area contributed by atoms with E-state index in [4.69, 9.17) is 5.73 Å². The topological polar surface area (TPSA) is 38.0 Å². The van der Waals surface area contributed by atoms with Crippen LogP contribution >= 0.6 is 15.9 Å². The van der Waals surface area contributed by atoms with Crippen molar-refractivity contribution < 1.29 is 0 Å². The normalized spacial score (nSPS) is 15.8. The molecule has 0 amide bonds. The Kier molecular flexibility index (Phi) is 2.56. The predicted octanol–water partition coefficient (Wildman–Crippen LogP) is 2.48. The van der Waals surface area contributed by atoms with E-state index in [2.05, 4.69) is 27.3 Å². The molecule has 1 aliphatic carbocycles.